The summed E-state index contributed by atoms with van der Waals surface area (Å²) in [7, 11) is -1.48. The Morgan fingerprint density at radius 1 is 0.840 bits per heavy atom. The topological polar surface area (TPSA) is 17.1 Å². The number of carbonyl (C=O) groups is 1. The number of Topliss-reactive ketones (excluding diaryl/α,β-unsaturated/α-hetero) is 1. The number of ketones is 1. The molecule has 25 heavy (non-hydrogen) atoms. The van der Waals surface area contributed by atoms with Crippen molar-refractivity contribution < 1.29 is 4.79 Å². The fourth-order valence-electron chi connectivity index (χ4n) is 3.24. The molecule has 0 aliphatic rings. The van der Waals surface area contributed by atoms with E-state index >= 15 is 0 Å². The van der Waals surface area contributed by atoms with E-state index in [0.717, 1.165) is 21.9 Å². The second kappa shape index (κ2) is 6.81. The van der Waals surface area contributed by atoms with Gasteiger partial charge in [-0.2, -0.15) is 0 Å². The molecule has 1 nitrogen and oxygen atoms in total. The van der Waals surface area contributed by atoms with Gasteiger partial charge < -0.3 is 0 Å². The summed E-state index contributed by atoms with van der Waals surface area (Å²) < 4.78 is 0. The maximum absolute atomic E-state index is 12.6. The predicted octanol–water partition coefficient (Wildman–Crippen LogP) is 6.35. The average Bonchev–Trinajstić information content (AvgIpc) is 2.58. The summed E-state index contributed by atoms with van der Waals surface area (Å²) in [5, 5.41) is 2.14. The molecule has 126 valence electrons. The van der Waals surface area contributed by atoms with Gasteiger partial charge in [-0.05, 0) is 34.4 Å². The third-order valence-corrected chi connectivity index (χ3v) is 5.39. The molecule has 0 radical (unpaired) electrons. The molecule has 0 heterocycles. The van der Waals surface area contributed by atoms with Gasteiger partial charge in [-0.25, -0.2) is 0 Å². The molecular formula is C23H24OSi. The number of benzene rings is 3. The molecule has 0 saturated heterocycles. The molecule has 0 amide bonds. The van der Waals surface area contributed by atoms with Crippen LogP contribution in [0.5, 0.6) is 0 Å². The van der Waals surface area contributed by atoms with Crippen LogP contribution in [0, 0.1) is 0 Å². The molecule has 0 unspecified atom stereocenters. The van der Waals surface area contributed by atoms with E-state index in [-0.39, 0.29) is 5.78 Å². The smallest absolute Gasteiger partial charge is 0.161 e. The van der Waals surface area contributed by atoms with Crippen molar-refractivity contribution in [1.29, 1.82) is 0 Å². The molecule has 0 atom stereocenters. The molecule has 0 fully saturated rings. The largest absolute Gasteiger partial charge is 0.294 e. The van der Waals surface area contributed by atoms with Gasteiger partial charge >= 0.3 is 0 Å². The average molecular weight is 345 g/mol. The van der Waals surface area contributed by atoms with Crippen LogP contribution in [0.2, 0.25) is 19.6 Å². The summed E-state index contributed by atoms with van der Waals surface area (Å²) in [4.78, 5) is 12.6. The SMILES string of the molecule is CC(=O)c1c(/C(=C/[Si](C)(C)C)c2ccccc2)ccc2ccccc12. The first kappa shape index (κ1) is 17.4. The molecule has 0 N–H and O–H groups in total. The summed E-state index contributed by atoms with van der Waals surface area (Å²) in [5.74, 6) is 0.115. The number of rotatable bonds is 4. The van der Waals surface area contributed by atoms with Gasteiger partial charge in [-0.15, -0.1) is 0 Å². The van der Waals surface area contributed by atoms with Crippen molar-refractivity contribution >= 4 is 30.2 Å². The Morgan fingerprint density at radius 3 is 2.12 bits per heavy atom. The maximum atomic E-state index is 12.6. The van der Waals surface area contributed by atoms with Gasteiger partial charge in [0.25, 0.3) is 0 Å². The second-order valence-electron chi connectivity index (χ2n) is 7.56. The molecular weight excluding hydrogens is 320 g/mol. The minimum atomic E-state index is -1.48. The zero-order valence-electron chi connectivity index (χ0n) is 15.3. The van der Waals surface area contributed by atoms with Gasteiger partial charge in [0.1, 0.15) is 0 Å². The lowest BCUT2D eigenvalue weighted by Gasteiger charge is -2.19. The van der Waals surface area contributed by atoms with E-state index in [0.29, 0.717) is 0 Å². The Labute approximate surface area is 151 Å². The van der Waals surface area contributed by atoms with E-state index in [1.165, 1.54) is 11.1 Å². The van der Waals surface area contributed by atoms with Crippen LogP contribution in [0.4, 0.5) is 0 Å². The lowest BCUT2D eigenvalue weighted by Crippen LogP contribution is -2.17. The summed E-state index contributed by atoms with van der Waals surface area (Å²) in [5.41, 5.74) is 6.61. The standard InChI is InChI=1S/C23H24OSi/c1-17(24)23-20-13-9-8-12-19(20)14-15-21(23)22(16-25(2,3)4)18-10-6-5-7-11-18/h5-16H,1-4H3/b22-16+. The normalized spacial score (nSPS) is 12.4. The molecule has 0 aliphatic heterocycles. The lowest BCUT2D eigenvalue weighted by atomic mass is 9.89. The molecule has 3 aromatic rings. The van der Waals surface area contributed by atoms with E-state index in [4.69, 9.17) is 0 Å². The van der Waals surface area contributed by atoms with Gasteiger partial charge in [-0.3, -0.25) is 4.79 Å². The third kappa shape index (κ3) is 3.80. The number of hydrogen-bond donors (Lipinski definition) is 0. The quantitative estimate of drug-likeness (QED) is 0.398. The fraction of sp³-hybridized carbons (Fsp3) is 0.174. The van der Waals surface area contributed by atoms with Crippen LogP contribution in [0.1, 0.15) is 28.4 Å². The maximum Gasteiger partial charge on any atom is 0.161 e. The molecule has 2 heteroatoms. The zero-order chi connectivity index (χ0) is 18.0. The Morgan fingerprint density at radius 2 is 1.48 bits per heavy atom. The van der Waals surface area contributed by atoms with Crippen LogP contribution >= 0.6 is 0 Å². The molecule has 0 bridgehead atoms. The highest BCUT2D eigenvalue weighted by Crippen LogP contribution is 2.33. The van der Waals surface area contributed by atoms with Crippen LogP contribution in [-0.2, 0) is 0 Å². The first-order chi connectivity index (χ1) is 11.9. The van der Waals surface area contributed by atoms with E-state index < -0.39 is 8.07 Å². The van der Waals surface area contributed by atoms with Crippen molar-refractivity contribution in [1.82, 2.24) is 0 Å². The van der Waals surface area contributed by atoms with Crippen molar-refractivity contribution in [3.63, 3.8) is 0 Å². The molecule has 3 rings (SSSR count). The highest BCUT2D eigenvalue weighted by Gasteiger charge is 2.19. The van der Waals surface area contributed by atoms with Gasteiger partial charge in [0, 0.05) is 5.56 Å². The summed E-state index contributed by atoms with van der Waals surface area (Å²) in [6.07, 6.45) is 0. The fourth-order valence-corrected chi connectivity index (χ4v) is 4.43. The summed E-state index contributed by atoms with van der Waals surface area (Å²) >= 11 is 0. The zero-order valence-corrected chi connectivity index (χ0v) is 16.3. The van der Waals surface area contributed by atoms with Crippen LogP contribution in [0.3, 0.4) is 0 Å². The molecule has 0 aliphatic carbocycles. The Balaban J connectivity index is 2.36. The summed E-state index contributed by atoms with van der Waals surface area (Å²) in [6, 6.07) is 22.8. The number of hydrogen-bond acceptors (Lipinski definition) is 1. The lowest BCUT2D eigenvalue weighted by molar-refractivity contribution is 0.101. The van der Waals surface area contributed by atoms with Crippen molar-refractivity contribution in [2.24, 2.45) is 0 Å². The van der Waals surface area contributed by atoms with E-state index in [1.807, 2.05) is 24.3 Å². The van der Waals surface area contributed by atoms with Crippen molar-refractivity contribution in [2.75, 3.05) is 0 Å². The van der Waals surface area contributed by atoms with Gasteiger partial charge in [-0.1, -0.05) is 92.1 Å². The van der Waals surface area contributed by atoms with Crippen molar-refractivity contribution in [3.05, 3.63) is 89.1 Å². The second-order valence-corrected chi connectivity index (χ2v) is 12.6. The van der Waals surface area contributed by atoms with E-state index in [2.05, 4.69) is 67.8 Å². The minimum absolute atomic E-state index is 0.115. The van der Waals surface area contributed by atoms with Gasteiger partial charge in [0.05, 0.1) is 8.07 Å². The predicted molar refractivity (Wildman–Crippen MR) is 111 cm³/mol. The monoisotopic (exact) mass is 344 g/mol. The highest BCUT2D eigenvalue weighted by molar-refractivity contribution is 6.81. The first-order valence-corrected chi connectivity index (χ1v) is 12.3. The van der Waals surface area contributed by atoms with Crippen LogP contribution < -0.4 is 0 Å². The Kier molecular flexibility index (Phi) is 4.73. The van der Waals surface area contributed by atoms with Crippen molar-refractivity contribution in [3.8, 4) is 0 Å². The van der Waals surface area contributed by atoms with Gasteiger partial charge in [0.15, 0.2) is 5.78 Å². The van der Waals surface area contributed by atoms with Gasteiger partial charge in [0.2, 0.25) is 0 Å². The molecule has 0 aromatic heterocycles. The van der Waals surface area contributed by atoms with Crippen LogP contribution in [-0.4, -0.2) is 13.9 Å². The minimum Gasteiger partial charge on any atom is -0.294 e. The molecule has 0 spiro atoms. The highest BCUT2D eigenvalue weighted by atomic mass is 28.3. The first-order valence-electron chi connectivity index (χ1n) is 8.68. The number of fused-ring (bicyclic) bond motifs is 1. The molecule has 3 aromatic carbocycles. The van der Waals surface area contributed by atoms with E-state index in [9.17, 15) is 4.79 Å². The van der Waals surface area contributed by atoms with E-state index in [1.54, 1.807) is 6.92 Å². The molecule has 0 saturated carbocycles. The third-order valence-electron chi connectivity index (χ3n) is 4.23. The Hall–Kier alpha value is -2.45. The van der Waals surface area contributed by atoms with Crippen LogP contribution in [0.25, 0.3) is 16.3 Å². The van der Waals surface area contributed by atoms with Crippen LogP contribution in [0.15, 0.2) is 72.4 Å². The van der Waals surface area contributed by atoms with Crippen molar-refractivity contribution in [2.45, 2.75) is 26.6 Å². The Bertz CT molecular complexity index is 947. The number of carbonyl (C=O) groups excluding carboxylic acids is 1. The summed E-state index contributed by atoms with van der Waals surface area (Å²) in [6.45, 7) is 8.64.